The predicted molar refractivity (Wildman–Crippen MR) is 144 cm³/mol. The van der Waals surface area contributed by atoms with E-state index in [0.717, 1.165) is 0 Å². The zero-order valence-electron chi connectivity index (χ0n) is 23.2. The number of carbonyl (C=O) groups is 3. The van der Waals surface area contributed by atoms with Crippen molar-refractivity contribution in [3.8, 4) is 0 Å². The molecule has 0 amide bonds. The van der Waals surface area contributed by atoms with Gasteiger partial charge in [-0.25, -0.2) is 9.78 Å². The third-order valence-electron chi connectivity index (χ3n) is 5.73. The van der Waals surface area contributed by atoms with Crippen molar-refractivity contribution in [3.05, 3.63) is 35.5 Å². The summed E-state index contributed by atoms with van der Waals surface area (Å²) in [5.74, 6) is -0.784. The Morgan fingerprint density at radius 3 is 2.36 bits per heavy atom. The lowest BCUT2D eigenvalue weighted by molar-refractivity contribution is -0.145. The zero-order chi connectivity index (χ0) is 28.6. The first-order valence-electron chi connectivity index (χ1n) is 12.7. The normalized spacial score (nSPS) is 14.2. The van der Waals surface area contributed by atoms with Crippen molar-refractivity contribution in [1.29, 1.82) is 0 Å². The van der Waals surface area contributed by atoms with Crippen molar-refractivity contribution in [3.63, 3.8) is 0 Å². The van der Waals surface area contributed by atoms with Gasteiger partial charge in [0.15, 0.2) is 0 Å². The van der Waals surface area contributed by atoms with E-state index in [4.69, 9.17) is 23.5 Å². The average molecular weight is 542 g/mol. The van der Waals surface area contributed by atoms with Crippen LogP contribution in [0.1, 0.15) is 56.5 Å². The van der Waals surface area contributed by atoms with Crippen LogP contribution >= 0.6 is 0 Å². The Balaban J connectivity index is 1.83. The third-order valence-corrected chi connectivity index (χ3v) is 5.73. The molecule has 0 radical (unpaired) electrons. The first-order valence-corrected chi connectivity index (χ1v) is 12.7. The Morgan fingerprint density at radius 1 is 1.13 bits per heavy atom. The lowest BCUT2D eigenvalue weighted by Gasteiger charge is -2.19. The molecule has 3 rings (SSSR count). The number of hydrogen-bond donors (Lipinski definition) is 2. The molecule has 210 valence electrons. The lowest BCUT2D eigenvalue weighted by Crippen LogP contribution is -2.38. The fourth-order valence-electron chi connectivity index (χ4n) is 3.90. The first kappa shape index (κ1) is 29.8. The standard InChI is InChI=1S/C26H35BN4O8/c1-7-36-21(32)12-18(13-22(33)37-8-2)29-23-16(3)14-28-25(31-23)30-17-9-10-20(19(11-17)24(34)35-6)27-38-15-26(4,5)39-27/h9-11,14,18H,7-8,12-13,15H2,1-6H3,(H2,28,29,30,31). The molecule has 13 heteroatoms. The van der Waals surface area contributed by atoms with Gasteiger partial charge in [0.25, 0.3) is 0 Å². The van der Waals surface area contributed by atoms with Gasteiger partial charge in [-0.2, -0.15) is 4.98 Å². The van der Waals surface area contributed by atoms with Crippen LogP contribution in [0.15, 0.2) is 24.4 Å². The van der Waals surface area contributed by atoms with Gasteiger partial charge >= 0.3 is 25.0 Å². The molecule has 1 fully saturated rings. The maximum Gasteiger partial charge on any atom is 0.495 e. The molecule has 0 spiro atoms. The predicted octanol–water partition coefficient (Wildman–Crippen LogP) is 2.52. The van der Waals surface area contributed by atoms with E-state index < -0.39 is 36.7 Å². The van der Waals surface area contributed by atoms with Crippen LogP contribution < -0.4 is 16.1 Å². The highest BCUT2D eigenvalue weighted by molar-refractivity contribution is 6.63. The summed E-state index contributed by atoms with van der Waals surface area (Å²) < 4.78 is 26.8. The summed E-state index contributed by atoms with van der Waals surface area (Å²) in [6.07, 6.45) is 1.50. The minimum Gasteiger partial charge on any atom is -0.466 e. The Morgan fingerprint density at radius 2 is 1.79 bits per heavy atom. The van der Waals surface area contributed by atoms with E-state index in [0.29, 0.717) is 29.1 Å². The molecule has 2 heterocycles. The highest BCUT2D eigenvalue weighted by atomic mass is 16.7. The molecule has 1 aromatic heterocycles. The van der Waals surface area contributed by atoms with E-state index in [-0.39, 0.29) is 37.6 Å². The summed E-state index contributed by atoms with van der Waals surface area (Å²) >= 11 is 0. The largest absolute Gasteiger partial charge is 0.495 e. The number of aromatic nitrogens is 2. The molecular weight excluding hydrogens is 507 g/mol. The van der Waals surface area contributed by atoms with Gasteiger partial charge in [-0.05, 0) is 52.2 Å². The second kappa shape index (κ2) is 13.4. The van der Waals surface area contributed by atoms with Crippen molar-refractivity contribution in [2.45, 2.75) is 59.1 Å². The number of rotatable bonds is 12. The van der Waals surface area contributed by atoms with Crippen LogP contribution in [0.5, 0.6) is 0 Å². The lowest BCUT2D eigenvalue weighted by atomic mass is 9.76. The van der Waals surface area contributed by atoms with Crippen LogP contribution in [0.25, 0.3) is 0 Å². The minimum absolute atomic E-state index is 0.0507. The first-order chi connectivity index (χ1) is 18.5. The quantitative estimate of drug-likeness (QED) is 0.231. The summed E-state index contributed by atoms with van der Waals surface area (Å²) in [7, 11) is 0.599. The highest BCUT2D eigenvalue weighted by Gasteiger charge is 2.40. The topological polar surface area (TPSA) is 147 Å². The Kier molecular flexibility index (Phi) is 10.2. The fourth-order valence-corrected chi connectivity index (χ4v) is 3.90. The summed E-state index contributed by atoms with van der Waals surface area (Å²) in [4.78, 5) is 45.7. The van der Waals surface area contributed by atoms with Crippen molar-refractivity contribution in [1.82, 2.24) is 9.97 Å². The van der Waals surface area contributed by atoms with Crippen LogP contribution in [0.3, 0.4) is 0 Å². The molecule has 1 aliphatic heterocycles. The van der Waals surface area contributed by atoms with Gasteiger partial charge in [0.1, 0.15) is 5.82 Å². The smallest absolute Gasteiger partial charge is 0.466 e. The van der Waals surface area contributed by atoms with Crippen LogP contribution in [-0.4, -0.2) is 73.6 Å². The molecule has 39 heavy (non-hydrogen) atoms. The summed E-state index contributed by atoms with van der Waals surface area (Å²) in [5, 5.41) is 6.23. The highest BCUT2D eigenvalue weighted by Crippen LogP contribution is 2.23. The maximum atomic E-state index is 12.6. The second-order valence-electron chi connectivity index (χ2n) is 9.52. The number of nitrogens with one attached hydrogen (secondary N) is 2. The van der Waals surface area contributed by atoms with Crippen LogP contribution in [0, 0.1) is 6.92 Å². The van der Waals surface area contributed by atoms with Crippen molar-refractivity contribution in [2.24, 2.45) is 0 Å². The maximum absolute atomic E-state index is 12.6. The fraction of sp³-hybridized carbons (Fsp3) is 0.500. The molecule has 1 aromatic carbocycles. The Bertz CT molecular complexity index is 1170. The van der Waals surface area contributed by atoms with Gasteiger partial charge in [0.2, 0.25) is 5.95 Å². The number of anilines is 3. The number of hydrogen-bond acceptors (Lipinski definition) is 12. The molecule has 12 nitrogen and oxygen atoms in total. The van der Waals surface area contributed by atoms with E-state index in [9.17, 15) is 14.4 Å². The minimum atomic E-state index is -0.703. The SMILES string of the molecule is CCOC(=O)CC(CC(=O)OCC)Nc1nc(Nc2ccc(B3OCC(C)(C)O3)c(C(=O)OC)c2)ncc1C. The van der Waals surface area contributed by atoms with Gasteiger partial charge < -0.3 is 34.2 Å². The van der Waals surface area contributed by atoms with Crippen molar-refractivity contribution in [2.75, 3.05) is 37.6 Å². The summed E-state index contributed by atoms with van der Waals surface area (Å²) in [6, 6.07) is 4.48. The molecule has 0 aliphatic carbocycles. The zero-order valence-corrected chi connectivity index (χ0v) is 23.2. The Labute approximate surface area is 228 Å². The average Bonchev–Trinajstić information content (AvgIpc) is 3.25. The van der Waals surface area contributed by atoms with Crippen LogP contribution in [-0.2, 0) is 33.1 Å². The molecular formula is C26H35BN4O8. The van der Waals surface area contributed by atoms with E-state index in [1.54, 1.807) is 45.2 Å². The number of benzene rings is 1. The van der Waals surface area contributed by atoms with E-state index in [1.165, 1.54) is 7.11 Å². The van der Waals surface area contributed by atoms with E-state index >= 15 is 0 Å². The molecule has 2 aromatic rings. The number of nitrogens with zero attached hydrogens (tertiary/aromatic N) is 2. The van der Waals surface area contributed by atoms with Crippen molar-refractivity contribution >= 4 is 47.9 Å². The van der Waals surface area contributed by atoms with E-state index in [1.807, 2.05) is 13.8 Å². The molecule has 0 unspecified atom stereocenters. The third kappa shape index (κ3) is 8.39. The number of methoxy groups -OCH3 is 1. The number of esters is 3. The van der Waals surface area contributed by atoms with Gasteiger partial charge in [-0.3, -0.25) is 9.59 Å². The van der Waals surface area contributed by atoms with Gasteiger partial charge in [-0.15, -0.1) is 0 Å². The van der Waals surface area contributed by atoms with Gasteiger partial charge in [0, 0.05) is 23.5 Å². The molecule has 0 saturated carbocycles. The summed E-state index contributed by atoms with van der Waals surface area (Å²) in [5.41, 5.74) is 1.57. The van der Waals surface area contributed by atoms with Crippen LogP contribution in [0.2, 0.25) is 0 Å². The molecule has 1 saturated heterocycles. The molecule has 2 N–H and O–H groups in total. The molecule has 0 atom stereocenters. The number of aryl methyl sites for hydroxylation is 1. The molecule has 0 bridgehead atoms. The monoisotopic (exact) mass is 542 g/mol. The molecule has 1 aliphatic rings. The summed E-state index contributed by atoms with van der Waals surface area (Å²) in [6.45, 7) is 9.89. The second-order valence-corrected chi connectivity index (χ2v) is 9.52. The number of ether oxygens (including phenoxy) is 3. The van der Waals surface area contributed by atoms with E-state index in [2.05, 4.69) is 20.6 Å². The Hall–Kier alpha value is -3.71. The van der Waals surface area contributed by atoms with Crippen LogP contribution in [0.4, 0.5) is 17.5 Å². The van der Waals surface area contributed by atoms with Crippen molar-refractivity contribution < 1.29 is 37.9 Å². The van der Waals surface area contributed by atoms with Gasteiger partial charge in [0.05, 0.1) is 50.9 Å². The van der Waals surface area contributed by atoms with Gasteiger partial charge in [-0.1, -0.05) is 6.07 Å². The number of carbonyl (C=O) groups excluding carboxylic acids is 3.